The van der Waals surface area contributed by atoms with E-state index in [2.05, 4.69) is 52.5 Å². The number of nitrogens with one attached hydrogen (secondary N) is 1. The van der Waals surface area contributed by atoms with E-state index < -0.39 is 0 Å². The van der Waals surface area contributed by atoms with Gasteiger partial charge >= 0.3 is 0 Å². The molecule has 2 aromatic carbocycles. The summed E-state index contributed by atoms with van der Waals surface area (Å²) in [4.78, 5) is 7.08. The molecule has 0 radical (unpaired) electrons. The zero-order valence-corrected chi connectivity index (χ0v) is 18.8. The Morgan fingerprint density at radius 2 is 1.97 bits per heavy atom. The van der Waals surface area contributed by atoms with Crippen LogP contribution in [0.3, 0.4) is 0 Å². The van der Waals surface area contributed by atoms with Crippen molar-refractivity contribution in [3.63, 3.8) is 0 Å². The molecule has 0 saturated carbocycles. The third-order valence-corrected chi connectivity index (χ3v) is 7.18. The molecule has 4 heterocycles. The van der Waals surface area contributed by atoms with E-state index in [0.717, 1.165) is 46.6 Å². The van der Waals surface area contributed by atoms with Gasteiger partial charge in [-0.25, -0.2) is 9.50 Å². The summed E-state index contributed by atoms with van der Waals surface area (Å²) in [5.74, 6) is 0.812. The zero-order chi connectivity index (χ0) is 22.5. The highest BCUT2D eigenvalue weighted by atomic mass is 16.5. The SMILES string of the molecule is Cc1c(C#N)cccc1C(C)Nc1nn2ccnc2c2ccc(N3C4CCC3COC4)cc12. The number of imidazole rings is 1. The Hall–Kier alpha value is -3.63. The summed E-state index contributed by atoms with van der Waals surface area (Å²) < 4.78 is 7.62. The Balaban J connectivity index is 1.45. The van der Waals surface area contributed by atoms with Gasteiger partial charge in [0.15, 0.2) is 11.5 Å². The van der Waals surface area contributed by atoms with Crippen molar-refractivity contribution < 1.29 is 4.74 Å². The molecule has 0 spiro atoms. The number of benzene rings is 2. The van der Waals surface area contributed by atoms with Crippen molar-refractivity contribution in [1.29, 1.82) is 5.26 Å². The number of hydrogen-bond acceptors (Lipinski definition) is 6. The number of nitrogens with zero attached hydrogens (tertiary/aromatic N) is 5. The largest absolute Gasteiger partial charge is 0.377 e. The molecule has 2 bridgehead atoms. The molecule has 3 unspecified atom stereocenters. The summed E-state index contributed by atoms with van der Waals surface area (Å²) >= 11 is 0. The quantitative estimate of drug-likeness (QED) is 0.502. The van der Waals surface area contributed by atoms with Crippen LogP contribution in [0.4, 0.5) is 11.5 Å². The fourth-order valence-electron chi connectivity index (χ4n) is 5.50. The third-order valence-electron chi connectivity index (χ3n) is 7.18. The molecule has 1 N–H and O–H groups in total. The van der Waals surface area contributed by atoms with Gasteiger partial charge in [-0.1, -0.05) is 12.1 Å². The Morgan fingerprint density at radius 3 is 2.76 bits per heavy atom. The van der Waals surface area contributed by atoms with Crippen LogP contribution in [-0.4, -0.2) is 39.9 Å². The van der Waals surface area contributed by atoms with E-state index in [-0.39, 0.29) is 6.04 Å². The molecule has 2 fully saturated rings. The molecule has 7 nitrogen and oxygen atoms in total. The van der Waals surface area contributed by atoms with E-state index in [4.69, 9.17) is 9.84 Å². The summed E-state index contributed by atoms with van der Waals surface area (Å²) in [6, 6.07) is 15.7. The maximum atomic E-state index is 9.45. The molecule has 2 aliphatic heterocycles. The first-order valence-corrected chi connectivity index (χ1v) is 11.5. The van der Waals surface area contributed by atoms with Crippen LogP contribution in [0.5, 0.6) is 0 Å². The smallest absolute Gasteiger partial charge is 0.161 e. The second kappa shape index (κ2) is 7.75. The Morgan fingerprint density at radius 1 is 1.15 bits per heavy atom. The molecule has 3 atom stereocenters. The monoisotopic (exact) mass is 438 g/mol. The van der Waals surface area contributed by atoms with Crippen LogP contribution in [0.25, 0.3) is 16.4 Å². The molecular weight excluding hydrogens is 412 g/mol. The van der Waals surface area contributed by atoms with Gasteiger partial charge in [0.1, 0.15) is 0 Å². The van der Waals surface area contributed by atoms with Crippen LogP contribution in [0, 0.1) is 18.3 Å². The number of rotatable bonds is 4. The molecular formula is C26H26N6O. The molecule has 0 amide bonds. The van der Waals surface area contributed by atoms with Crippen LogP contribution in [-0.2, 0) is 4.74 Å². The highest BCUT2D eigenvalue weighted by Crippen LogP contribution is 2.37. The fraction of sp³-hybridized carbons (Fsp3) is 0.346. The van der Waals surface area contributed by atoms with Gasteiger partial charge in [-0.3, -0.25) is 0 Å². The second-order valence-electron chi connectivity index (χ2n) is 9.10. The van der Waals surface area contributed by atoms with Crippen LogP contribution in [0.2, 0.25) is 0 Å². The molecule has 7 heteroatoms. The average Bonchev–Trinajstić information content (AvgIpc) is 3.40. The maximum absolute atomic E-state index is 9.45. The lowest BCUT2D eigenvalue weighted by Crippen LogP contribution is -2.45. The van der Waals surface area contributed by atoms with Crippen molar-refractivity contribution in [2.24, 2.45) is 0 Å². The minimum Gasteiger partial charge on any atom is -0.377 e. The van der Waals surface area contributed by atoms with E-state index in [1.54, 1.807) is 6.20 Å². The molecule has 33 heavy (non-hydrogen) atoms. The number of ether oxygens (including phenoxy) is 1. The predicted molar refractivity (Wildman–Crippen MR) is 129 cm³/mol. The number of anilines is 2. The van der Waals surface area contributed by atoms with E-state index >= 15 is 0 Å². The molecule has 2 aromatic heterocycles. The van der Waals surface area contributed by atoms with Crippen molar-refractivity contribution in [3.05, 3.63) is 65.5 Å². The lowest BCUT2D eigenvalue weighted by Gasteiger charge is -2.36. The van der Waals surface area contributed by atoms with Crippen molar-refractivity contribution in [1.82, 2.24) is 14.6 Å². The van der Waals surface area contributed by atoms with Gasteiger partial charge in [-0.15, -0.1) is 5.10 Å². The van der Waals surface area contributed by atoms with Gasteiger partial charge < -0.3 is 15.0 Å². The van der Waals surface area contributed by atoms with E-state index in [0.29, 0.717) is 17.6 Å². The van der Waals surface area contributed by atoms with Gasteiger partial charge in [0.2, 0.25) is 0 Å². The van der Waals surface area contributed by atoms with Crippen LogP contribution in [0.1, 0.15) is 42.5 Å². The first kappa shape index (κ1) is 20.0. The van der Waals surface area contributed by atoms with Crippen LogP contribution < -0.4 is 10.2 Å². The predicted octanol–water partition coefficient (Wildman–Crippen LogP) is 4.60. The number of morpholine rings is 1. The van der Waals surface area contributed by atoms with Crippen molar-refractivity contribution >= 4 is 27.9 Å². The Bertz CT molecular complexity index is 1390. The fourth-order valence-corrected chi connectivity index (χ4v) is 5.50. The summed E-state index contributed by atoms with van der Waals surface area (Å²) in [5, 5.41) is 20.1. The first-order chi connectivity index (χ1) is 16.1. The summed E-state index contributed by atoms with van der Waals surface area (Å²) in [6.45, 7) is 5.70. The standard InChI is InChI=1S/C26H26N6O/c1-16-18(13-27)4-3-5-22(16)17(2)29-25-24-12-19(32-20-6-7-21(32)15-33-14-20)8-9-23(24)26-28-10-11-31(26)30-25/h3-5,8-12,17,20-21H,6-7,14-15H2,1-2H3,(H,29,30). The minimum atomic E-state index is -0.0156. The molecule has 166 valence electrons. The van der Waals surface area contributed by atoms with Gasteiger partial charge in [0.05, 0.1) is 43.0 Å². The van der Waals surface area contributed by atoms with Crippen molar-refractivity contribution in [2.75, 3.05) is 23.4 Å². The van der Waals surface area contributed by atoms with Crippen molar-refractivity contribution in [2.45, 2.75) is 44.8 Å². The normalized spacial score (nSPS) is 20.8. The molecule has 0 aliphatic carbocycles. The van der Waals surface area contributed by atoms with E-state index in [1.807, 2.05) is 29.8 Å². The molecule has 2 saturated heterocycles. The van der Waals surface area contributed by atoms with Crippen LogP contribution >= 0.6 is 0 Å². The Labute approximate surface area is 192 Å². The topological polar surface area (TPSA) is 78.5 Å². The van der Waals surface area contributed by atoms with E-state index in [1.165, 1.54) is 18.5 Å². The van der Waals surface area contributed by atoms with Gasteiger partial charge in [-0.05, 0) is 62.1 Å². The molecule has 6 rings (SSSR count). The Kier molecular flexibility index (Phi) is 4.70. The van der Waals surface area contributed by atoms with Gasteiger partial charge in [0.25, 0.3) is 0 Å². The number of fused-ring (bicyclic) bond motifs is 5. The summed E-state index contributed by atoms with van der Waals surface area (Å²) in [6.07, 6.45) is 6.02. The average molecular weight is 439 g/mol. The summed E-state index contributed by atoms with van der Waals surface area (Å²) in [5.41, 5.74) is 4.86. The highest BCUT2D eigenvalue weighted by Gasteiger charge is 2.37. The number of nitriles is 1. The lowest BCUT2D eigenvalue weighted by molar-refractivity contribution is 0.0907. The lowest BCUT2D eigenvalue weighted by atomic mass is 9.98. The molecule has 4 aromatic rings. The number of hydrogen-bond donors (Lipinski definition) is 1. The van der Waals surface area contributed by atoms with E-state index in [9.17, 15) is 5.26 Å². The van der Waals surface area contributed by atoms with Gasteiger partial charge in [0, 0.05) is 28.9 Å². The van der Waals surface area contributed by atoms with Crippen molar-refractivity contribution in [3.8, 4) is 6.07 Å². The zero-order valence-electron chi connectivity index (χ0n) is 18.8. The van der Waals surface area contributed by atoms with Crippen LogP contribution in [0.15, 0.2) is 48.8 Å². The summed E-state index contributed by atoms with van der Waals surface area (Å²) in [7, 11) is 0. The maximum Gasteiger partial charge on any atom is 0.161 e. The third kappa shape index (κ3) is 3.21. The first-order valence-electron chi connectivity index (χ1n) is 11.5. The number of aromatic nitrogens is 3. The molecule has 2 aliphatic rings. The van der Waals surface area contributed by atoms with Gasteiger partial charge in [-0.2, -0.15) is 5.26 Å². The minimum absolute atomic E-state index is 0.0156. The highest BCUT2D eigenvalue weighted by molar-refractivity contribution is 6.01. The second-order valence-corrected chi connectivity index (χ2v) is 9.10.